The molecule has 0 radical (unpaired) electrons. The zero-order valence-corrected chi connectivity index (χ0v) is 15.7. The number of carbonyl (C=O) groups is 1. The van der Waals surface area contributed by atoms with Crippen LogP contribution in [0.2, 0.25) is 0 Å². The Bertz CT molecular complexity index is 1020. The summed E-state index contributed by atoms with van der Waals surface area (Å²) in [5.74, 6) is 0.156. The first-order valence-electron chi connectivity index (χ1n) is 9.16. The van der Waals surface area contributed by atoms with E-state index >= 15 is 0 Å². The monoisotopic (exact) mass is 381 g/mol. The summed E-state index contributed by atoms with van der Waals surface area (Å²) in [6.45, 7) is 2.56. The molecule has 1 unspecified atom stereocenters. The van der Waals surface area contributed by atoms with Crippen LogP contribution in [0, 0.1) is 5.82 Å². The Morgan fingerprint density at radius 2 is 2.14 bits per heavy atom. The lowest BCUT2D eigenvalue weighted by Crippen LogP contribution is -2.24. The fraction of sp³-hybridized carbons (Fsp3) is 0.286. The van der Waals surface area contributed by atoms with Crippen molar-refractivity contribution >= 4 is 11.6 Å². The Hall–Kier alpha value is -3.22. The first kappa shape index (κ1) is 18.2. The highest BCUT2D eigenvalue weighted by Gasteiger charge is 2.35. The number of benzene rings is 2. The SMILES string of the molecule is CCc1cccc(N2CC(c3nc(-c4ccc(OC)c(F)c4)no3)CC2=O)c1. The van der Waals surface area contributed by atoms with Gasteiger partial charge >= 0.3 is 0 Å². The molecule has 0 aliphatic carbocycles. The molecule has 0 N–H and O–H groups in total. The van der Waals surface area contributed by atoms with E-state index < -0.39 is 5.82 Å². The van der Waals surface area contributed by atoms with E-state index in [0.717, 1.165) is 12.1 Å². The van der Waals surface area contributed by atoms with E-state index in [-0.39, 0.29) is 23.4 Å². The van der Waals surface area contributed by atoms with Crippen molar-refractivity contribution in [2.24, 2.45) is 0 Å². The molecule has 144 valence electrons. The van der Waals surface area contributed by atoms with Crippen molar-refractivity contribution < 1.29 is 18.4 Å². The van der Waals surface area contributed by atoms with Gasteiger partial charge in [0.05, 0.1) is 13.0 Å². The minimum atomic E-state index is -0.496. The topological polar surface area (TPSA) is 68.5 Å². The third-order valence-corrected chi connectivity index (χ3v) is 4.96. The third-order valence-electron chi connectivity index (χ3n) is 4.96. The lowest BCUT2D eigenvalue weighted by atomic mass is 10.1. The van der Waals surface area contributed by atoms with E-state index in [1.165, 1.54) is 24.8 Å². The summed E-state index contributed by atoms with van der Waals surface area (Å²) < 4.78 is 24.2. The highest BCUT2D eigenvalue weighted by molar-refractivity contribution is 5.96. The van der Waals surface area contributed by atoms with Crippen molar-refractivity contribution in [3.8, 4) is 17.1 Å². The number of hydrogen-bond acceptors (Lipinski definition) is 5. The fourth-order valence-electron chi connectivity index (χ4n) is 3.39. The van der Waals surface area contributed by atoms with Gasteiger partial charge in [0.2, 0.25) is 17.6 Å². The second kappa shape index (κ2) is 7.42. The van der Waals surface area contributed by atoms with Gasteiger partial charge in [0, 0.05) is 24.2 Å². The van der Waals surface area contributed by atoms with Gasteiger partial charge in [0.15, 0.2) is 11.6 Å². The highest BCUT2D eigenvalue weighted by Crippen LogP contribution is 2.32. The number of nitrogens with zero attached hydrogens (tertiary/aromatic N) is 3. The molecule has 1 amide bonds. The van der Waals surface area contributed by atoms with Gasteiger partial charge in [-0.05, 0) is 42.3 Å². The molecule has 3 aromatic rings. The largest absolute Gasteiger partial charge is 0.494 e. The van der Waals surface area contributed by atoms with Crippen LogP contribution in [0.4, 0.5) is 10.1 Å². The maximum Gasteiger partial charge on any atom is 0.232 e. The first-order chi connectivity index (χ1) is 13.6. The van der Waals surface area contributed by atoms with Crippen molar-refractivity contribution in [2.45, 2.75) is 25.7 Å². The van der Waals surface area contributed by atoms with Crippen molar-refractivity contribution in [1.29, 1.82) is 0 Å². The number of carbonyl (C=O) groups excluding carboxylic acids is 1. The minimum Gasteiger partial charge on any atom is -0.494 e. The number of amides is 1. The molecular weight excluding hydrogens is 361 g/mol. The molecule has 1 aliphatic rings. The Morgan fingerprint density at radius 3 is 2.89 bits per heavy atom. The number of anilines is 1. The minimum absolute atomic E-state index is 0.0218. The maximum absolute atomic E-state index is 13.9. The summed E-state index contributed by atoms with van der Waals surface area (Å²) in [5, 5.41) is 3.95. The zero-order valence-electron chi connectivity index (χ0n) is 15.7. The summed E-state index contributed by atoms with van der Waals surface area (Å²) in [6, 6.07) is 12.4. The van der Waals surface area contributed by atoms with Crippen LogP contribution >= 0.6 is 0 Å². The first-order valence-corrected chi connectivity index (χ1v) is 9.16. The van der Waals surface area contributed by atoms with Gasteiger partial charge in [-0.25, -0.2) is 4.39 Å². The van der Waals surface area contributed by atoms with E-state index in [0.29, 0.717) is 24.4 Å². The van der Waals surface area contributed by atoms with E-state index in [2.05, 4.69) is 17.1 Å². The molecule has 1 fully saturated rings. The van der Waals surface area contributed by atoms with Crippen LogP contribution in [0.25, 0.3) is 11.4 Å². The molecule has 4 rings (SSSR count). The molecule has 6 nitrogen and oxygen atoms in total. The van der Waals surface area contributed by atoms with E-state index in [1.54, 1.807) is 11.0 Å². The van der Waals surface area contributed by atoms with Gasteiger partial charge in [0.1, 0.15) is 0 Å². The maximum atomic E-state index is 13.9. The lowest BCUT2D eigenvalue weighted by molar-refractivity contribution is -0.117. The summed E-state index contributed by atoms with van der Waals surface area (Å²) in [5.41, 5.74) is 2.55. The van der Waals surface area contributed by atoms with Crippen LogP contribution in [-0.4, -0.2) is 29.7 Å². The summed E-state index contributed by atoms with van der Waals surface area (Å²) in [6.07, 6.45) is 1.21. The number of methoxy groups -OCH3 is 1. The van der Waals surface area contributed by atoms with Crippen LogP contribution in [0.1, 0.15) is 30.7 Å². The number of aromatic nitrogens is 2. The van der Waals surface area contributed by atoms with Crippen LogP contribution in [0.5, 0.6) is 5.75 Å². The van der Waals surface area contributed by atoms with E-state index in [9.17, 15) is 9.18 Å². The van der Waals surface area contributed by atoms with Crippen molar-refractivity contribution in [1.82, 2.24) is 10.1 Å². The average Bonchev–Trinajstić information content (AvgIpc) is 3.35. The molecule has 0 spiro atoms. The van der Waals surface area contributed by atoms with Crippen LogP contribution in [-0.2, 0) is 11.2 Å². The molecule has 28 heavy (non-hydrogen) atoms. The normalized spacial score (nSPS) is 16.6. The number of ether oxygens (including phenoxy) is 1. The van der Waals surface area contributed by atoms with Crippen LogP contribution in [0.15, 0.2) is 47.0 Å². The van der Waals surface area contributed by atoms with Gasteiger partial charge in [-0.2, -0.15) is 4.98 Å². The summed E-state index contributed by atoms with van der Waals surface area (Å²) >= 11 is 0. The molecule has 1 aliphatic heterocycles. The Balaban J connectivity index is 1.54. The number of halogens is 1. The number of aryl methyl sites for hydroxylation is 1. The van der Waals surface area contributed by atoms with Gasteiger partial charge in [-0.3, -0.25) is 4.79 Å². The van der Waals surface area contributed by atoms with Crippen LogP contribution in [0.3, 0.4) is 0 Å². The average molecular weight is 381 g/mol. The molecule has 7 heteroatoms. The highest BCUT2D eigenvalue weighted by atomic mass is 19.1. The Kier molecular flexibility index (Phi) is 4.81. The Morgan fingerprint density at radius 1 is 1.29 bits per heavy atom. The predicted octanol–water partition coefficient (Wildman–Crippen LogP) is 3.97. The molecule has 1 atom stereocenters. The molecule has 2 aromatic carbocycles. The second-order valence-electron chi connectivity index (χ2n) is 6.73. The zero-order chi connectivity index (χ0) is 19.7. The van der Waals surface area contributed by atoms with Gasteiger partial charge in [-0.15, -0.1) is 0 Å². The number of rotatable bonds is 5. The second-order valence-corrected chi connectivity index (χ2v) is 6.73. The van der Waals surface area contributed by atoms with Gasteiger partial charge in [0.25, 0.3) is 0 Å². The summed E-state index contributed by atoms with van der Waals surface area (Å²) in [7, 11) is 1.41. The molecule has 2 heterocycles. The predicted molar refractivity (Wildman–Crippen MR) is 102 cm³/mol. The molecule has 0 saturated carbocycles. The lowest BCUT2D eigenvalue weighted by Gasteiger charge is -2.16. The standard InChI is InChI=1S/C21H20FN3O3/c1-3-13-5-4-6-16(9-13)25-12-15(11-19(25)26)21-23-20(24-28-21)14-7-8-18(27-2)17(22)10-14/h4-10,15H,3,11-12H2,1-2H3. The Labute approximate surface area is 161 Å². The molecule has 1 aromatic heterocycles. The fourth-order valence-corrected chi connectivity index (χ4v) is 3.39. The van der Waals surface area contributed by atoms with Crippen LogP contribution < -0.4 is 9.64 Å². The molecule has 0 bridgehead atoms. The van der Waals surface area contributed by atoms with E-state index in [4.69, 9.17) is 9.26 Å². The third kappa shape index (κ3) is 3.35. The quantitative estimate of drug-likeness (QED) is 0.669. The molecule has 1 saturated heterocycles. The summed E-state index contributed by atoms with van der Waals surface area (Å²) in [4.78, 5) is 18.7. The van der Waals surface area contributed by atoms with E-state index in [1.807, 2.05) is 24.3 Å². The smallest absolute Gasteiger partial charge is 0.232 e. The van der Waals surface area contributed by atoms with Crippen molar-refractivity contribution in [2.75, 3.05) is 18.6 Å². The number of hydrogen-bond donors (Lipinski definition) is 0. The molecular formula is C21H20FN3O3. The van der Waals surface area contributed by atoms with Crippen molar-refractivity contribution in [3.63, 3.8) is 0 Å². The van der Waals surface area contributed by atoms with Gasteiger partial charge < -0.3 is 14.2 Å². The van der Waals surface area contributed by atoms with Gasteiger partial charge in [-0.1, -0.05) is 24.2 Å². The van der Waals surface area contributed by atoms with Crippen molar-refractivity contribution in [3.05, 3.63) is 59.7 Å².